The summed E-state index contributed by atoms with van der Waals surface area (Å²) >= 11 is 0. The van der Waals surface area contributed by atoms with E-state index >= 15 is 0 Å². The lowest BCUT2D eigenvalue weighted by Gasteiger charge is -2.09. The first-order chi connectivity index (χ1) is 10.2. The molecule has 0 bridgehead atoms. The number of amides is 2. The van der Waals surface area contributed by atoms with Crippen molar-refractivity contribution < 1.29 is 4.79 Å². The van der Waals surface area contributed by atoms with Gasteiger partial charge in [-0.2, -0.15) is 0 Å². The van der Waals surface area contributed by atoms with E-state index in [1.54, 1.807) is 6.07 Å². The monoisotopic (exact) mass is 281 g/mol. The number of urea groups is 1. The molecule has 1 fully saturated rings. The van der Waals surface area contributed by atoms with Crippen LogP contribution in [0.5, 0.6) is 0 Å². The molecule has 0 atom stereocenters. The van der Waals surface area contributed by atoms with Crippen molar-refractivity contribution >= 4 is 17.4 Å². The molecule has 1 aliphatic rings. The molecule has 2 aromatic carbocycles. The molecule has 4 heteroatoms. The van der Waals surface area contributed by atoms with E-state index < -0.39 is 6.03 Å². The number of primary amides is 1. The first-order valence-electron chi connectivity index (χ1n) is 7.20. The van der Waals surface area contributed by atoms with Crippen LogP contribution in [0.2, 0.25) is 0 Å². The molecule has 4 N–H and O–H groups in total. The summed E-state index contributed by atoms with van der Waals surface area (Å²) in [5.74, 6) is 0.795. The lowest BCUT2D eigenvalue weighted by atomic mass is 10.1. The summed E-state index contributed by atoms with van der Waals surface area (Å²) in [5, 5.41) is 5.92. The fraction of sp³-hybridized carbons (Fsp3) is 0.235. The largest absolute Gasteiger partial charge is 0.381 e. The summed E-state index contributed by atoms with van der Waals surface area (Å²) < 4.78 is 0. The quantitative estimate of drug-likeness (QED) is 0.782. The molecular formula is C17H19N3O. The Bertz CT molecular complexity index is 633. The standard InChI is InChI=1S/C17H19N3O/c18-17(21)20-16-3-1-2-15(10-16)19-11-12-4-6-13(7-5-12)14-8-9-14/h1-7,10,14,19H,8-9,11H2,(H3,18,20,21). The molecule has 0 unspecified atom stereocenters. The van der Waals surface area contributed by atoms with E-state index in [1.807, 2.05) is 18.2 Å². The van der Waals surface area contributed by atoms with Crippen LogP contribution in [-0.2, 0) is 6.54 Å². The van der Waals surface area contributed by atoms with Crippen LogP contribution in [0.25, 0.3) is 0 Å². The van der Waals surface area contributed by atoms with Crippen molar-refractivity contribution in [1.82, 2.24) is 0 Å². The van der Waals surface area contributed by atoms with Crippen LogP contribution in [0.4, 0.5) is 16.2 Å². The third kappa shape index (κ3) is 3.75. The molecule has 2 aromatic rings. The molecular weight excluding hydrogens is 262 g/mol. The minimum absolute atomic E-state index is 0.553. The molecule has 4 nitrogen and oxygen atoms in total. The average molecular weight is 281 g/mol. The van der Waals surface area contributed by atoms with Gasteiger partial charge in [-0.05, 0) is 48.1 Å². The zero-order valence-corrected chi connectivity index (χ0v) is 11.8. The molecule has 0 aliphatic heterocycles. The summed E-state index contributed by atoms with van der Waals surface area (Å²) in [7, 11) is 0. The summed E-state index contributed by atoms with van der Waals surface area (Å²) in [6.07, 6.45) is 2.66. The third-order valence-corrected chi connectivity index (χ3v) is 3.66. The van der Waals surface area contributed by atoms with Gasteiger partial charge >= 0.3 is 6.03 Å². The van der Waals surface area contributed by atoms with Crippen molar-refractivity contribution in [3.05, 3.63) is 59.7 Å². The third-order valence-electron chi connectivity index (χ3n) is 3.66. The molecule has 2 amide bonds. The number of hydrogen-bond acceptors (Lipinski definition) is 2. The van der Waals surface area contributed by atoms with Crippen LogP contribution in [0.15, 0.2) is 48.5 Å². The van der Waals surface area contributed by atoms with E-state index in [0.717, 1.165) is 18.2 Å². The summed E-state index contributed by atoms with van der Waals surface area (Å²) in [4.78, 5) is 10.8. The lowest BCUT2D eigenvalue weighted by molar-refractivity contribution is 0.259. The average Bonchev–Trinajstić information content (AvgIpc) is 3.30. The van der Waals surface area contributed by atoms with Crippen molar-refractivity contribution in [2.75, 3.05) is 10.6 Å². The topological polar surface area (TPSA) is 67.2 Å². The van der Waals surface area contributed by atoms with Gasteiger partial charge in [0, 0.05) is 17.9 Å². The highest BCUT2D eigenvalue weighted by Crippen LogP contribution is 2.39. The van der Waals surface area contributed by atoms with E-state index in [4.69, 9.17) is 5.73 Å². The van der Waals surface area contributed by atoms with E-state index in [2.05, 4.69) is 34.9 Å². The van der Waals surface area contributed by atoms with Gasteiger partial charge < -0.3 is 16.4 Å². The Morgan fingerprint density at radius 3 is 2.48 bits per heavy atom. The first kappa shape index (κ1) is 13.5. The molecule has 0 saturated heterocycles. The Labute approximate surface area is 124 Å². The molecule has 0 aromatic heterocycles. The zero-order chi connectivity index (χ0) is 14.7. The van der Waals surface area contributed by atoms with Crippen molar-refractivity contribution in [1.29, 1.82) is 0 Å². The number of carbonyl (C=O) groups is 1. The van der Waals surface area contributed by atoms with Crippen LogP contribution in [0.3, 0.4) is 0 Å². The maximum atomic E-state index is 10.8. The minimum atomic E-state index is -0.553. The van der Waals surface area contributed by atoms with Crippen LogP contribution in [0, 0.1) is 0 Å². The first-order valence-corrected chi connectivity index (χ1v) is 7.20. The van der Waals surface area contributed by atoms with Crippen LogP contribution < -0.4 is 16.4 Å². The number of hydrogen-bond donors (Lipinski definition) is 3. The smallest absolute Gasteiger partial charge is 0.316 e. The van der Waals surface area contributed by atoms with Crippen molar-refractivity contribution in [2.45, 2.75) is 25.3 Å². The highest BCUT2D eigenvalue weighted by Gasteiger charge is 2.22. The number of rotatable bonds is 5. The van der Waals surface area contributed by atoms with Gasteiger partial charge in [-0.1, -0.05) is 30.3 Å². The van der Waals surface area contributed by atoms with E-state index in [-0.39, 0.29) is 0 Å². The molecule has 21 heavy (non-hydrogen) atoms. The Morgan fingerprint density at radius 2 is 1.81 bits per heavy atom. The summed E-state index contributed by atoms with van der Waals surface area (Å²) in [6.45, 7) is 0.755. The second-order valence-electron chi connectivity index (χ2n) is 5.44. The van der Waals surface area contributed by atoms with Gasteiger partial charge in [0.2, 0.25) is 0 Å². The molecule has 108 valence electrons. The highest BCUT2D eigenvalue weighted by molar-refractivity contribution is 5.88. The van der Waals surface area contributed by atoms with Gasteiger partial charge in [-0.25, -0.2) is 4.79 Å². The second kappa shape index (κ2) is 5.87. The zero-order valence-electron chi connectivity index (χ0n) is 11.8. The molecule has 0 heterocycles. The number of nitrogens with two attached hydrogens (primary N) is 1. The SMILES string of the molecule is NC(=O)Nc1cccc(NCc2ccc(C3CC3)cc2)c1. The summed E-state index contributed by atoms with van der Waals surface area (Å²) in [5.41, 5.74) is 9.45. The van der Waals surface area contributed by atoms with Crippen molar-refractivity contribution in [3.63, 3.8) is 0 Å². The van der Waals surface area contributed by atoms with Crippen molar-refractivity contribution in [3.8, 4) is 0 Å². The van der Waals surface area contributed by atoms with E-state index in [1.165, 1.54) is 24.0 Å². The Morgan fingerprint density at radius 1 is 1.10 bits per heavy atom. The number of nitrogens with one attached hydrogen (secondary N) is 2. The predicted molar refractivity (Wildman–Crippen MR) is 85.4 cm³/mol. The maximum absolute atomic E-state index is 10.8. The summed E-state index contributed by atoms with van der Waals surface area (Å²) in [6, 6.07) is 15.7. The van der Waals surface area contributed by atoms with Gasteiger partial charge in [0.25, 0.3) is 0 Å². The fourth-order valence-electron chi connectivity index (χ4n) is 2.38. The lowest BCUT2D eigenvalue weighted by Crippen LogP contribution is -2.19. The molecule has 0 radical (unpaired) electrons. The predicted octanol–water partition coefficient (Wildman–Crippen LogP) is 3.67. The van der Waals surface area contributed by atoms with Gasteiger partial charge in [-0.3, -0.25) is 0 Å². The van der Waals surface area contributed by atoms with Gasteiger partial charge in [0.15, 0.2) is 0 Å². The molecule has 3 rings (SSSR count). The maximum Gasteiger partial charge on any atom is 0.316 e. The van der Waals surface area contributed by atoms with Gasteiger partial charge in [0.1, 0.15) is 0 Å². The molecule has 1 aliphatic carbocycles. The van der Waals surface area contributed by atoms with Gasteiger partial charge in [0.05, 0.1) is 0 Å². The van der Waals surface area contributed by atoms with Crippen LogP contribution >= 0.6 is 0 Å². The van der Waals surface area contributed by atoms with Crippen LogP contribution in [-0.4, -0.2) is 6.03 Å². The number of benzene rings is 2. The molecule has 0 spiro atoms. The second-order valence-corrected chi connectivity index (χ2v) is 5.44. The van der Waals surface area contributed by atoms with Gasteiger partial charge in [-0.15, -0.1) is 0 Å². The fourth-order valence-corrected chi connectivity index (χ4v) is 2.38. The Hall–Kier alpha value is -2.49. The Balaban J connectivity index is 1.60. The number of anilines is 2. The van der Waals surface area contributed by atoms with Crippen molar-refractivity contribution in [2.24, 2.45) is 5.73 Å². The number of carbonyl (C=O) groups excluding carboxylic acids is 1. The minimum Gasteiger partial charge on any atom is -0.381 e. The Kier molecular flexibility index (Phi) is 3.77. The normalized spacial score (nSPS) is 13.7. The molecule has 1 saturated carbocycles. The highest BCUT2D eigenvalue weighted by atomic mass is 16.2. The van der Waals surface area contributed by atoms with Crippen LogP contribution in [0.1, 0.15) is 29.9 Å². The van der Waals surface area contributed by atoms with E-state index in [9.17, 15) is 4.79 Å². The van der Waals surface area contributed by atoms with E-state index in [0.29, 0.717) is 5.69 Å².